The highest BCUT2D eigenvalue weighted by molar-refractivity contribution is 5.77. The average Bonchev–Trinajstić information content (AvgIpc) is 2.71. The molecule has 1 saturated carbocycles. The standard InChI is InChI=1S/C26H46N2O6/c1-16-19(10-13-27(7,33)24(16,3)4)21-15-18(22(29)30)9-12-26(21,23(31)32)20-11-14-28(8,34)25(5,6)17(20)2/h16-21H,9-15H2,1-8H3,(H,29,30)(H,31,32). The predicted octanol–water partition coefficient (Wildman–Crippen LogP) is 4.32. The molecule has 8 heteroatoms. The first kappa shape index (κ1) is 27.4. The third-order valence-electron chi connectivity index (χ3n) is 11.7. The van der Waals surface area contributed by atoms with E-state index in [1.54, 1.807) is 14.1 Å². The zero-order valence-electron chi connectivity index (χ0n) is 22.3. The Morgan fingerprint density at radius 2 is 1.32 bits per heavy atom. The number of hydrogen-bond donors (Lipinski definition) is 2. The molecule has 0 aromatic carbocycles. The Labute approximate surface area is 204 Å². The Hall–Kier alpha value is -1.22. The van der Waals surface area contributed by atoms with Crippen LogP contribution >= 0.6 is 0 Å². The van der Waals surface area contributed by atoms with Crippen LogP contribution in [0.2, 0.25) is 0 Å². The van der Waals surface area contributed by atoms with Gasteiger partial charge in [0.05, 0.1) is 49.6 Å². The minimum Gasteiger partial charge on any atom is -0.633 e. The predicted molar refractivity (Wildman–Crippen MR) is 130 cm³/mol. The van der Waals surface area contributed by atoms with E-state index in [9.17, 15) is 30.2 Å². The van der Waals surface area contributed by atoms with Gasteiger partial charge in [0.2, 0.25) is 0 Å². The van der Waals surface area contributed by atoms with Gasteiger partial charge in [-0.25, -0.2) is 0 Å². The first-order valence-corrected chi connectivity index (χ1v) is 12.9. The largest absolute Gasteiger partial charge is 0.633 e. The molecular weight excluding hydrogens is 436 g/mol. The van der Waals surface area contributed by atoms with Gasteiger partial charge in [-0.2, -0.15) is 0 Å². The zero-order chi connectivity index (χ0) is 26.1. The average molecular weight is 483 g/mol. The fraction of sp³-hybridized carbons (Fsp3) is 0.923. The Morgan fingerprint density at radius 3 is 1.82 bits per heavy atom. The molecule has 0 spiro atoms. The molecule has 196 valence electrons. The van der Waals surface area contributed by atoms with Gasteiger partial charge in [0.15, 0.2) is 0 Å². The molecule has 9 atom stereocenters. The van der Waals surface area contributed by atoms with Gasteiger partial charge in [0.1, 0.15) is 0 Å². The molecular formula is C26H46N2O6. The second-order valence-corrected chi connectivity index (χ2v) is 13.1. The lowest BCUT2D eigenvalue weighted by Gasteiger charge is -2.65. The number of likely N-dealkylation sites (tertiary alicyclic amines) is 2. The Kier molecular flexibility index (Phi) is 6.78. The molecule has 2 saturated heterocycles. The highest BCUT2D eigenvalue weighted by atomic mass is 16.6. The van der Waals surface area contributed by atoms with Crippen molar-refractivity contribution in [3.8, 4) is 0 Å². The third-order valence-corrected chi connectivity index (χ3v) is 11.7. The Balaban J connectivity index is 2.13. The number of nitrogens with zero attached hydrogens (tertiary/aromatic N) is 2. The van der Waals surface area contributed by atoms with Crippen LogP contribution in [-0.2, 0) is 9.59 Å². The smallest absolute Gasteiger partial charge is 0.310 e. The molecule has 0 radical (unpaired) electrons. The second kappa shape index (κ2) is 8.43. The van der Waals surface area contributed by atoms with Crippen molar-refractivity contribution in [3.63, 3.8) is 0 Å². The van der Waals surface area contributed by atoms with Crippen LogP contribution in [-0.4, -0.2) is 69.7 Å². The van der Waals surface area contributed by atoms with E-state index in [-0.39, 0.29) is 34.2 Å². The molecule has 1 aliphatic carbocycles. The molecule has 0 amide bonds. The maximum absolute atomic E-state index is 13.3. The second-order valence-electron chi connectivity index (χ2n) is 13.1. The molecule has 3 rings (SSSR count). The first-order valence-electron chi connectivity index (χ1n) is 12.9. The summed E-state index contributed by atoms with van der Waals surface area (Å²) in [4.78, 5) is 25.4. The number of quaternary nitrogens is 2. The minimum atomic E-state index is -1.10. The van der Waals surface area contributed by atoms with E-state index < -0.39 is 39.0 Å². The van der Waals surface area contributed by atoms with Gasteiger partial charge >= 0.3 is 11.9 Å². The van der Waals surface area contributed by atoms with Crippen LogP contribution in [0.25, 0.3) is 0 Å². The number of aliphatic carboxylic acids is 2. The number of hydroxylamine groups is 6. The van der Waals surface area contributed by atoms with Crippen molar-refractivity contribution in [2.45, 2.75) is 84.7 Å². The normalized spacial score (nSPS) is 48.8. The maximum Gasteiger partial charge on any atom is 0.310 e. The summed E-state index contributed by atoms with van der Waals surface area (Å²) >= 11 is 0. The van der Waals surface area contributed by atoms with Crippen LogP contribution in [0.3, 0.4) is 0 Å². The summed E-state index contributed by atoms with van der Waals surface area (Å²) in [6.45, 7) is 12.6. The van der Waals surface area contributed by atoms with Crippen molar-refractivity contribution in [1.29, 1.82) is 0 Å². The molecule has 34 heavy (non-hydrogen) atoms. The summed E-state index contributed by atoms with van der Waals surface area (Å²) < 4.78 is -0.777. The number of carboxylic acid groups (broad SMARTS) is 2. The van der Waals surface area contributed by atoms with Gasteiger partial charge in [-0.3, -0.25) is 9.59 Å². The highest BCUT2D eigenvalue weighted by Crippen LogP contribution is 2.61. The van der Waals surface area contributed by atoms with Crippen LogP contribution in [0.5, 0.6) is 0 Å². The van der Waals surface area contributed by atoms with Crippen molar-refractivity contribution in [2.75, 3.05) is 27.2 Å². The minimum absolute atomic E-state index is 0.0567. The van der Waals surface area contributed by atoms with Crippen LogP contribution in [0.15, 0.2) is 0 Å². The molecule has 3 fully saturated rings. The van der Waals surface area contributed by atoms with Crippen LogP contribution in [0, 0.1) is 51.3 Å². The highest BCUT2D eigenvalue weighted by Gasteiger charge is 2.64. The lowest BCUT2D eigenvalue weighted by molar-refractivity contribution is -0.923. The maximum atomic E-state index is 13.3. The number of hydrogen-bond acceptors (Lipinski definition) is 4. The van der Waals surface area contributed by atoms with E-state index in [0.717, 1.165) is 0 Å². The number of rotatable bonds is 4. The SMILES string of the molecule is CC1C(C2CC(C(=O)O)CCC2(C(=O)O)C2CC[N+](C)([O-])C(C)(C)C2C)CC[N+](C)([O-])C1(C)C. The molecule has 8 nitrogen and oxygen atoms in total. The molecule has 2 heterocycles. The summed E-state index contributed by atoms with van der Waals surface area (Å²) in [7, 11) is 3.37. The fourth-order valence-corrected chi connectivity index (χ4v) is 7.89. The topological polar surface area (TPSA) is 121 Å². The molecule has 0 bridgehead atoms. The van der Waals surface area contributed by atoms with Crippen molar-refractivity contribution >= 4 is 11.9 Å². The van der Waals surface area contributed by atoms with Gasteiger partial charge in [0.25, 0.3) is 0 Å². The van der Waals surface area contributed by atoms with Gasteiger partial charge in [0, 0.05) is 24.7 Å². The number of piperidine rings is 2. The summed E-state index contributed by atoms with van der Waals surface area (Å²) in [5.74, 6) is -3.12. The lowest BCUT2D eigenvalue weighted by atomic mass is 9.47. The fourth-order valence-electron chi connectivity index (χ4n) is 7.89. The molecule has 0 aromatic heterocycles. The van der Waals surface area contributed by atoms with E-state index in [4.69, 9.17) is 0 Å². The van der Waals surface area contributed by atoms with Crippen molar-refractivity contribution < 1.29 is 29.1 Å². The summed E-state index contributed by atoms with van der Waals surface area (Å²) in [6.07, 6.45) is 2.08. The molecule has 2 aliphatic heterocycles. The van der Waals surface area contributed by atoms with Crippen molar-refractivity contribution in [1.82, 2.24) is 0 Å². The van der Waals surface area contributed by atoms with Crippen LogP contribution in [0.4, 0.5) is 0 Å². The van der Waals surface area contributed by atoms with Crippen LogP contribution < -0.4 is 0 Å². The summed E-state index contributed by atoms with van der Waals surface area (Å²) in [6, 6.07) is 0. The van der Waals surface area contributed by atoms with Gasteiger partial charge in [-0.1, -0.05) is 13.8 Å². The molecule has 0 aromatic rings. The third kappa shape index (κ3) is 3.80. The van der Waals surface area contributed by atoms with E-state index in [1.165, 1.54) is 0 Å². The molecule has 2 N–H and O–H groups in total. The quantitative estimate of drug-likeness (QED) is 0.455. The van der Waals surface area contributed by atoms with Gasteiger partial charge in [-0.15, -0.1) is 0 Å². The monoisotopic (exact) mass is 482 g/mol. The van der Waals surface area contributed by atoms with E-state index >= 15 is 0 Å². The first-order chi connectivity index (χ1) is 15.3. The Bertz CT molecular complexity index is 822. The van der Waals surface area contributed by atoms with Gasteiger partial charge in [-0.05, 0) is 64.7 Å². The van der Waals surface area contributed by atoms with E-state index in [1.807, 2.05) is 34.6 Å². The lowest BCUT2D eigenvalue weighted by Crippen LogP contribution is -2.69. The number of carboxylic acids is 2. The van der Waals surface area contributed by atoms with Crippen molar-refractivity contribution in [2.24, 2.45) is 40.9 Å². The Morgan fingerprint density at radius 1 is 0.824 bits per heavy atom. The van der Waals surface area contributed by atoms with Crippen LogP contribution in [0.1, 0.15) is 73.6 Å². The molecule has 3 aliphatic rings. The van der Waals surface area contributed by atoms with Crippen molar-refractivity contribution in [3.05, 3.63) is 10.4 Å². The van der Waals surface area contributed by atoms with E-state index in [0.29, 0.717) is 45.2 Å². The number of carbonyl (C=O) groups is 2. The molecule has 9 unspecified atom stereocenters. The van der Waals surface area contributed by atoms with E-state index in [2.05, 4.69) is 6.92 Å². The zero-order valence-corrected chi connectivity index (χ0v) is 22.3. The van der Waals surface area contributed by atoms with Gasteiger partial charge < -0.3 is 29.9 Å². The summed E-state index contributed by atoms with van der Waals surface area (Å²) in [5, 5.41) is 47.4. The summed E-state index contributed by atoms with van der Waals surface area (Å²) in [5.41, 5.74) is -2.35.